The van der Waals surface area contributed by atoms with Crippen LogP contribution in [0, 0.1) is 0 Å². The second kappa shape index (κ2) is 4.99. The highest BCUT2D eigenvalue weighted by atomic mass is 14.8. The molecule has 0 atom stereocenters. The van der Waals surface area contributed by atoms with Gasteiger partial charge in [0.05, 0.1) is 0 Å². The Bertz CT molecular complexity index is 703. The first-order valence-electron chi connectivity index (χ1n) is 9.45. The zero-order chi connectivity index (χ0) is 16.8. The molecule has 5 rings (SSSR count). The maximum absolute atomic E-state index is 7.31. The SMILES string of the molecule is [2H]C([2H])([2H])NCCCC12CCC(c3ccccc31)c1ccccc12. The summed E-state index contributed by atoms with van der Waals surface area (Å²) in [4.78, 5) is 0. The van der Waals surface area contributed by atoms with Crippen LogP contribution in [0.3, 0.4) is 0 Å². The van der Waals surface area contributed by atoms with Crippen LogP contribution in [-0.2, 0) is 5.41 Å². The second-order valence-corrected chi connectivity index (χ2v) is 6.38. The molecule has 108 valence electrons. The molecule has 1 nitrogen and oxygen atoms in total. The summed E-state index contributed by atoms with van der Waals surface area (Å²) in [6.07, 6.45) is 4.22. The fraction of sp³-hybridized carbons (Fsp3) is 0.400. The summed E-state index contributed by atoms with van der Waals surface area (Å²) < 4.78 is 21.9. The van der Waals surface area contributed by atoms with E-state index in [1.165, 1.54) is 35.1 Å². The lowest BCUT2D eigenvalue weighted by Crippen LogP contribution is -2.40. The molecular formula is C20H23N. The quantitative estimate of drug-likeness (QED) is 0.827. The van der Waals surface area contributed by atoms with Gasteiger partial charge in [0.1, 0.15) is 0 Å². The van der Waals surface area contributed by atoms with Gasteiger partial charge in [0.25, 0.3) is 0 Å². The number of rotatable bonds is 4. The third-order valence-electron chi connectivity index (χ3n) is 5.47. The van der Waals surface area contributed by atoms with Gasteiger partial charge in [-0.2, -0.15) is 0 Å². The molecule has 21 heavy (non-hydrogen) atoms. The minimum Gasteiger partial charge on any atom is -0.320 e. The molecule has 2 aromatic rings. The van der Waals surface area contributed by atoms with Gasteiger partial charge >= 0.3 is 0 Å². The standard InChI is InChI=1S/C20H23N/c1-21-14-6-12-20-13-11-15(16-7-2-4-9-18(16)20)17-8-3-5-10-19(17)20/h2-5,7-10,15,21H,6,11-14H2,1H3/i1D3. The molecule has 0 heterocycles. The Morgan fingerprint density at radius 1 is 1.10 bits per heavy atom. The molecule has 3 aliphatic rings. The Labute approximate surface area is 131 Å². The molecule has 1 heteroatoms. The van der Waals surface area contributed by atoms with E-state index in [2.05, 4.69) is 53.8 Å². The molecule has 0 aromatic heterocycles. The molecule has 0 saturated carbocycles. The summed E-state index contributed by atoms with van der Waals surface area (Å²) in [5.74, 6) is 0.528. The van der Waals surface area contributed by atoms with E-state index in [1.54, 1.807) is 0 Å². The smallest absolute Gasteiger partial charge is 0.0391 e. The minimum absolute atomic E-state index is 0.0539. The van der Waals surface area contributed by atoms with Gasteiger partial charge in [-0.05, 0) is 61.5 Å². The van der Waals surface area contributed by atoms with Gasteiger partial charge in [-0.15, -0.1) is 0 Å². The molecule has 2 bridgehead atoms. The third-order valence-corrected chi connectivity index (χ3v) is 5.47. The molecule has 0 amide bonds. The fourth-order valence-corrected chi connectivity index (χ4v) is 4.63. The van der Waals surface area contributed by atoms with Crippen molar-refractivity contribution in [1.29, 1.82) is 0 Å². The lowest BCUT2D eigenvalue weighted by molar-refractivity contribution is 0.341. The van der Waals surface area contributed by atoms with Gasteiger partial charge in [0.2, 0.25) is 0 Å². The molecule has 0 radical (unpaired) electrons. The van der Waals surface area contributed by atoms with E-state index in [1.807, 2.05) is 0 Å². The molecule has 2 aromatic carbocycles. The van der Waals surface area contributed by atoms with Crippen LogP contribution in [0.4, 0.5) is 0 Å². The molecule has 0 aliphatic heterocycles. The van der Waals surface area contributed by atoms with E-state index in [9.17, 15) is 0 Å². The van der Waals surface area contributed by atoms with Gasteiger partial charge in [-0.25, -0.2) is 0 Å². The Morgan fingerprint density at radius 2 is 1.76 bits per heavy atom. The van der Waals surface area contributed by atoms with Crippen LogP contribution in [0.2, 0.25) is 0 Å². The van der Waals surface area contributed by atoms with E-state index < -0.39 is 6.98 Å². The Hall–Kier alpha value is -1.60. The molecule has 0 unspecified atom stereocenters. The van der Waals surface area contributed by atoms with Crippen LogP contribution < -0.4 is 5.32 Å². The number of benzene rings is 2. The maximum Gasteiger partial charge on any atom is 0.0391 e. The minimum atomic E-state index is -2.04. The van der Waals surface area contributed by atoms with Crippen LogP contribution in [0.15, 0.2) is 48.5 Å². The number of hydrogen-bond donors (Lipinski definition) is 1. The summed E-state index contributed by atoms with van der Waals surface area (Å²) >= 11 is 0. The van der Waals surface area contributed by atoms with E-state index in [0.29, 0.717) is 12.5 Å². The summed E-state index contributed by atoms with van der Waals surface area (Å²) in [6.45, 7) is -1.51. The van der Waals surface area contributed by atoms with Gasteiger partial charge in [-0.3, -0.25) is 0 Å². The average molecular weight is 280 g/mol. The number of fused-ring (bicyclic) bond motifs is 1. The van der Waals surface area contributed by atoms with E-state index in [-0.39, 0.29) is 5.41 Å². The van der Waals surface area contributed by atoms with Crippen LogP contribution in [-0.4, -0.2) is 13.5 Å². The van der Waals surface area contributed by atoms with E-state index in [4.69, 9.17) is 4.11 Å². The Kier molecular flexibility index (Phi) is 2.42. The zero-order valence-electron chi connectivity index (χ0n) is 15.2. The first kappa shape index (κ1) is 10.2. The van der Waals surface area contributed by atoms with Gasteiger partial charge in [0, 0.05) is 15.4 Å². The molecule has 1 N–H and O–H groups in total. The second-order valence-electron chi connectivity index (χ2n) is 6.38. The highest BCUT2D eigenvalue weighted by Gasteiger charge is 2.47. The van der Waals surface area contributed by atoms with E-state index in [0.717, 1.165) is 12.8 Å². The molecule has 0 spiro atoms. The van der Waals surface area contributed by atoms with Crippen molar-refractivity contribution in [2.45, 2.75) is 37.0 Å². The van der Waals surface area contributed by atoms with Gasteiger partial charge in [-0.1, -0.05) is 48.5 Å². The molecule has 0 saturated heterocycles. The summed E-state index contributed by atoms with van der Waals surface area (Å²) in [5, 5.41) is 2.66. The Morgan fingerprint density at radius 3 is 2.43 bits per heavy atom. The largest absolute Gasteiger partial charge is 0.320 e. The highest BCUT2D eigenvalue weighted by molar-refractivity contribution is 5.58. The van der Waals surface area contributed by atoms with Crippen molar-refractivity contribution in [2.24, 2.45) is 0 Å². The van der Waals surface area contributed by atoms with Crippen molar-refractivity contribution in [3.63, 3.8) is 0 Å². The fourth-order valence-electron chi connectivity index (χ4n) is 4.63. The summed E-state index contributed by atoms with van der Waals surface area (Å²) in [6, 6.07) is 17.7. The summed E-state index contributed by atoms with van der Waals surface area (Å²) in [7, 11) is 0. The van der Waals surface area contributed by atoms with Crippen molar-refractivity contribution in [2.75, 3.05) is 13.5 Å². The third kappa shape index (κ3) is 1.80. The average Bonchev–Trinajstić information content (AvgIpc) is 2.59. The normalized spacial score (nSPS) is 28.2. The monoisotopic (exact) mass is 280 g/mol. The Balaban J connectivity index is 1.69. The first-order chi connectivity index (χ1) is 11.5. The lowest BCUT2D eigenvalue weighted by atomic mass is 9.54. The van der Waals surface area contributed by atoms with Gasteiger partial charge in [0.15, 0.2) is 0 Å². The van der Waals surface area contributed by atoms with Crippen LogP contribution in [0.25, 0.3) is 0 Å². The van der Waals surface area contributed by atoms with Crippen molar-refractivity contribution in [3.05, 3.63) is 70.8 Å². The topological polar surface area (TPSA) is 12.0 Å². The molecular weight excluding hydrogens is 254 g/mol. The molecule has 0 fully saturated rings. The first-order valence-corrected chi connectivity index (χ1v) is 7.95. The van der Waals surface area contributed by atoms with Crippen LogP contribution in [0.1, 0.15) is 58.0 Å². The summed E-state index contributed by atoms with van der Waals surface area (Å²) in [5.41, 5.74) is 5.94. The van der Waals surface area contributed by atoms with Crippen molar-refractivity contribution in [3.8, 4) is 0 Å². The van der Waals surface area contributed by atoms with Crippen molar-refractivity contribution < 1.29 is 4.11 Å². The maximum atomic E-state index is 7.31. The highest BCUT2D eigenvalue weighted by Crippen LogP contribution is 2.57. The predicted octanol–water partition coefficient (Wildman–Crippen LogP) is 4.21. The van der Waals surface area contributed by atoms with E-state index >= 15 is 0 Å². The number of hydrogen-bond acceptors (Lipinski definition) is 1. The number of nitrogens with one attached hydrogen (secondary N) is 1. The van der Waals surface area contributed by atoms with Crippen molar-refractivity contribution in [1.82, 2.24) is 5.32 Å². The van der Waals surface area contributed by atoms with Crippen LogP contribution in [0.5, 0.6) is 0 Å². The van der Waals surface area contributed by atoms with Crippen LogP contribution >= 0.6 is 0 Å². The predicted molar refractivity (Wildman–Crippen MR) is 87.9 cm³/mol. The lowest BCUT2D eigenvalue weighted by Gasteiger charge is -2.50. The van der Waals surface area contributed by atoms with Gasteiger partial charge < -0.3 is 5.32 Å². The molecule has 3 aliphatic carbocycles. The van der Waals surface area contributed by atoms with Crippen molar-refractivity contribution >= 4 is 0 Å². The zero-order valence-corrected chi connectivity index (χ0v) is 12.2.